The third-order valence-electron chi connectivity index (χ3n) is 1.67. The number of alkyl halides is 2. The van der Waals surface area contributed by atoms with Crippen molar-refractivity contribution in [3.63, 3.8) is 0 Å². The third-order valence-corrected chi connectivity index (χ3v) is 1.67. The molecule has 0 fully saturated rings. The second-order valence-electron chi connectivity index (χ2n) is 2.85. The van der Waals surface area contributed by atoms with E-state index in [1.54, 1.807) is 0 Å². The Hall–Kier alpha value is -1.92. The van der Waals surface area contributed by atoms with Crippen molar-refractivity contribution in [2.75, 3.05) is 0 Å². The molecule has 1 aromatic carbocycles. The molecule has 17 heavy (non-hydrogen) atoms. The monoisotopic (exact) mass is 252 g/mol. The maximum atomic E-state index is 12.9. The van der Waals surface area contributed by atoms with Crippen LogP contribution in [0.4, 0.5) is 22.0 Å². The SMILES string of the molecule is O=C(c1ccccc1)C(F)(F)OC(F)=C(F)F. The van der Waals surface area contributed by atoms with E-state index >= 15 is 0 Å². The van der Waals surface area contributed by atoms with Crippen molar-refractivity contribution >= 4 is 5.78 Å². The topological polar surface area (TPSA) is 26.3 Å². The lowest BCUT2D eigenvalue weighted by Crippen LogP contribution is -2.31. The number of hydrogen-bond acceptors (Lipinski definition) is 2. The van der Waals surface area contributed by atoms with Crippen molar-refractivity contribution in [2.24, 2.45) is 0 Å². The molecule has 0 N–H and O–H groups in total. The van der Waals surface area contributed by atoms with Gasteiger partial charge < -0.3 is 4.74 Å². The van der Waals surface area contributed by atoms with Gasteiger partial charge in [0, 0.05) is 5.56 Å². The van der Waals surface area contributed by atoms with Crippen LogP contribution in [0.2, 0.25) is 0 Å². The van der Waals surface area contributed by atoms with E-state index in [1.807, 2.05) is 0 Å². The molecular weight excluding hydrogens is 247 g/mol. The van der Waals surface area contributed by atoms with Crippen LogP contribution in [-0.2, 0) is 4.74 Å². The van der Waals surface area contributed by atoms with Gasteiger partial charge in [0.25, 0.3) is 5.78 Å². The minimum Gasteiger partial charge on any atom is -0.396 e. The van der Waals surface area contributed by atoms with Crippen LogP contribution in [0, 0.1) is 0 Å². The quantitative estimate of drug-likeness (QED) is 0.465. The Morgan fingerprint density at radius 2 is 1.59 bits per heavy atom. The number of halogens is 5. The van der Waals surface area contributed by atoms with Crippen molar-refractivity contribution in [3.05, 3.63) is 48.0 Å². The highest BCUT2D eigenvalue weighted by Gasteiger charge is 2.44. The summed E-state index contributed by atoms with van der Waals surface area (Å²) in [6, 6.07) is 3.29. The zero-order valence-corrected chi connectivity index (χ0v) is 8.09. The molecule has 0 radical (unpaired) electrons. The van der Waals surface area contributed by atoms with Crippen molar-refractivity contribution in [1.29, 1.82) is 0 Å². The van der Waals surface area contributed by atoms with E-state index in [4.69, 9.17) is 0 Å². The smallest absolute Gasteiger partial charge is 0.396 e. The summed E-state index contributed by atoms with van der Waals surface area (Å²) in [4.78, 5) is 11.1. The molecule has 0 heterocycles. The minimum absolute atomic E-state index is 0.482. The van der Waals surface area contributed by atoms with Crippen LogP contribution in [0.5, 0.6) is 0 Å². The number of carbonyl (C=O) groups excluding carboxylic acids is 1. The average molecular weight is 252 g/mol. The number of rotatable bonds is 4. The largest absolute Gasteiger partial charge is 0.467 e. The van der Waals surface area contributed by atoms with Crippen LogP contribution < -0.4 is 0 Å². The van der Waals surface area contributed by atoms with Gasteiger partial charge in [-0.15, -0.1) is 0 Å². The molecule has 0 atom stereocenters. The molecule has 0 saturated carbocycles. The number of ether oxygens (including phenoxy) is 1. The van der Waals surface area contributed by atoms with Crippen molar-refractivity contribution in [3.8, 4) is 0 Å². The highest BCUT2D eigenvalue weighted by Crippen LogP contribution is 2.27. The summed E-state index contributed by atoms with van der Waals surface area (Å²) in [6.45, 7) is 0. The molecule has 0 amide bonds. The Labute approximate surface area is 92.3 Å². The number of ketones is 1. The van der Waals surface area contributed by atoms with E-state index in [2.05, 4.69) is 4.74 Å². The van der Waals surface area contributed by atoms with Crippen molar-refractivity contribution in [1.82, 2.24) is 0 Å². The fraction of sp³-hybridized carbons (Fsp3) is 0.100. The highest BCUT2D eigenvalue weighted by atomic mass is 19.3. The van der Waals surface area contributed by atoms with Gasteiger partial charge >= 0.3 is 18.2 Å². The first kappa shape index (κ1) is 13.1. The summed E-state index contributed by atoms with van der Waals surface area (Å²) in [7, 11) is 0. The summed E-state index contributed by atoms with van der Waals surface area (Å²) < 4.78 is 64.2. The first-order valence-electron chi connectivity index (χ1n) is 4.22. The number of benzene rings is 1. The first-order valence-corrected chi connectivity index (χ1v) is 4.22. The molecule has 92 valence electrons. The lowest BCUT2D eigenvalue weighted by atomic mass is 10.1. The van der Waals surface area contributed by atoms with Crippen LogP contribution in [0.1, 0.15) is 10.4 Å². The molecule has 0 saturated heterocycles. The lowest BCUT2D eigenvalue weighted by molar-refractivity contribution is -0.188. The van der Waals surface area contributed by atoms with Crippen LogP contribution in [0.25, 0.3) is 0 Å². The highest BCUT2D eigenvalue weighted by molar-refractivity contribution is 6.00. The van der Waals surface area contributed by atoms with Gasteiger partial charge in [-0.05, 0) is 0 Å². The molecular formula is C10H5F5O2. The van der Waals surface area contributed by atoms with E-state index in [9.17, 15) is 26.7 Å². The normalized spacial score (nSPS) is 10.9. The van der Waals surface area contributed by atoms with Crippen LogP contribution in [0.15, 0.2) is 42.4 Å². The van der Waals surface area contributed by atoms with Gasteiger partial charge in [-0.25, -0.2) is 0 Å². The van der Waals surface area contributed by atoms with E-state index in [0.717, 1.165) is 12.1 Å². The third kappa shape index (κ3) is 3.27. The molecule has 1 rings (SSSR count). The molecule has 0 aliphatic rings. The van der Waals surface area contributed by atoms with Gasteiger partial charge in [-0.2, -0.15) is 22.0 Å². The second-order valence-corrected chi connectivity index (χ2v) is 2.85. The second kappa shape index (κ2) is 4.94. The van der Waals surface area contributed by atoms with E-state index in [1.165, 1.54) is 18.2 Å². The zero-order valence-electron chi connectivity index (χ0n) is 8.09. The fourth-order valence-corrected chi connectivity index (χ4v) is 0.955. The molecule has 0 unspecified atom stereocenters. The van der Waals surface area contributed by atoms with Gasteiger partial charge in [-0.1, -0.05) is 30.3 Å². The van der Waals surface area contributed by atoms with Crippen LogP contribution in [-0.4, -0.2) is 11.9 Å². The summed E-state index contributed by atoms with van der Waals surface area (Å²) in [5, 5.41) is 0. The number of Topliss-reactive ketones (excluding diaryl/α,β-unsaturated/α-hetero) is 1. The molecule has 0 bridgehead atoms. The fourth-order valence-electron chi connectivity index (χ4n) is 0.955. The zero-order chi connectivity index (χ0) is 13.1. The van der Waals surface area contributed by atoms with Gasteiger partial charge in [0.15, 0.2) is 0 Å². The maximum Gasteiger partial charge on any atom is 0.467 e. The predicted octanol–water partition coefficient (Wildman–Crippen LogP) is 3.51. The van der Waals surface area contributed by atoms with Gasteiger partial charge in [-0.3, -0.25) is 4.79 Å². The summed E-state index contributed by atoms with van der Waals surface area (Å²) in [6.07, 6.45) is -7.75. The summed E-state index contributed by atoms with van der Waals surface area (Å²) in [5.74, 6) is -1.91. The Morgan fingerprint density at radius 1 is 1.06 bits per heavy atom. The Morgan fingerprint density at radius 3 is 2.06 bits per heavy atom. The van der Waals surface area contributed by atoms with Crippen LogP contribution >= 0.6 is 0 Å². The van der Waals surface area contributed by atoms with E-state index in [0.29, 0.717) is 0 Å². The van der Waals surface area contributed by atoms with Gasteiger partial charge in [0.05, 0.1) is 0 Å². The van der Waals surface area contributed by atoms with E-state index in [-0.39, 0.29) is 0 Å². The standard InChI is InChI=1S/C10H5F5O2/c11-8(12)9(13)17-10(14,15)7(16)6-4-2-1-3-5-6/h1-5H. The lowest BCUT2D eigenvalue weighted by Gasteiger charge is -2.14. The molecule has 0 spiro atoms. The summed E-state index contributed by atoms with van der Waals surface area (Å²) >= 11 is 0. The minimum atomic E-state index is -4.69. The maximum absolute atomic E-state index is 12.9. The van der Waals surface area contributed by atoms with Crippen molar-refractivity contribution < 1.29 is 31.5 Å². The van der Waals surface area contributed by atoms with Crippen molar-refractivity contribution in [2.45, 2.75) is 6.11 Å². The summed E-state index contributed by atoms with van der Waals surface area (Å²) in [5.41, 5.74) is -0.482. The molecule has 7 heteroatoms. The molecule has 0 aromatic heterocycles. The Balaban J connectivity index is 2.92. The number of hydrogen-bond donors (Lipinski definition) is 0. The average Bonchev–Trinajstić information content (AvgIpc) is 2.28. The molecule has 0 aliphatic carbocycles. The Bertz CT molecular complexity index is 437. The molecule has 2 nitrogen and oxygen atoms in total. The first-order chi connectivity index (χ1) is 7.84. The van der Waals surface area contributed by atoms with Gasteiger partial charge in [0.2, 0.25) is 0 Å². The van der Waals surface area contributed by atoms with Gasteiger partial charge in [0.1, 0.15) is 0 Å². The molecule has 1 aromatic rings. The number of carbonyl (C=O) groups is 1. The predicted molar refractivity (Wildman–Crippen MR) is 47.2 cm³/mol. The molecule has 0 aliphatic heterocycles. The van der Waals surface area contributed by atoms with E-state index < -0.39 is 29.5 Å². The Kier molecular flexibility index (Phi) is 3.82. The van der Waals surface area contributed by atoms with Crippen LogP contribution in [0.3, 0.4) is 0 Å².